The van der Waals surface area contributed by atoms with E-state index in [1.807, 2.05) is 72.9 Å². The van der Waals surface area contributed by atoms with Crippen molar-refractivity contribution >= 4 is 45.0 Å². The molecule has 2 heterocycles. The van der Waals surface area contributed by atoms with Crippen LogP contribution in [0, 0.1) is 0 Å². The van der Waals surface area contributed by atoms with Gasteiger partial charge < -0.3 is 19.8 Å². The molecule has 0 unspecified atom stereocenters. The number of hydrogen-bond donors (Lipinski definition) is 3. The second kappa shape index (κ2) is 10.6. The third-order valence-electron chi connectivity index (χ3n) is 6.44. The molecule has 0 saturated heterocycles. The molecule has 0 aliphatic rings. The molecule has 39 heavy (non-hydrogen) atoms. The average Bonchev–Trinajstić information content (AvgIpc) is 3.51. The highest BCUT2D eigenvalue weighted by Gasteiger charge is 2.12. The lowest BCUT2D eigenvalue weighted by molar-refractivity contribution is 0.155. The van der Waals surface area contributed by atoms with E-state index in [2.05, 4.69) is 33.8 Å². The quantitative estimate of drug-likeness (QED) is 0.189. The van der Waals surface area contributed by atoms with Crippen LogP contribution in [0.1, 0.15) is 5.56 Å². The summed E-state index contributed by atoms with van der Waals surface area (Å²) in [6, 6.07) is 33.4. The number of benzene rings is 4. The lowest BCUT2D eigenvalue weighted by Gasteiger charge is -2.16. The maximum absolute atomic E-state index is 12.6. The normalized spacial score (nSPS) is 10.9. The van der Waals surface area contributed by atoms with Gasteiger partial charge >= 0.3 is 6.09 Å². The summed E-state index contributed by atoms with van der Waals surface area (Å²) in [6.07, 6.45) is 1.34. The lowest BCUT2D eigenvalue weighted by Crippen LogP contribution is -2.13. The summed E-state index contributed by atoms with van der Waals surface area (Å²) in [4.78, 5) is 20.7. The molecule has 6 aromatic rings. The molecule has 7 heteroatoms. The number of aromatic amines is 1. The van der Waals surface area contributed by atoms with E-state index >= 15 is 0 Å². The Morgan fingerprint density at radius 2 is 1.59 bits per heavy atom. The van der Waals surface area contributed by atoms with Gasteiger partial charge in [0.2, 0.25) is 0 Å². The lowest BCUT2D eigenvalue weighted by atomic mass is 10.0. The number of ether oxygens (including phenoxy) is 2. The van der Waals surface area contributed by atoms with Gasteiger partial charge in [0, 0.05) is 45.7 Å². The van der Waals surface area contributed by atoms with Crippen molar-refractivity contribution in [3.63, 3.8) is 0 Å². The van der Waals surface area contributed by atoms with Gasteiger partial charge in [-0.05, 0) is 60.2 Å². The minimum Gasteiger partial charge on any atom is -0.497 e. The Labute approximate surface area is 225 Å². The number of carbonyl (C=O) groups excluding carboxylic acids is 1. The molecular formula is C32H26N4O3. The number of carbonyl (C=O) groups is 1. The van der Waals surface area contributed by atoms with E-state index in [4.69, 9.17) is 14.5 Å². The van der Waals surface area contributed by atoms with Gasteiger partial charge in [0.1, 0.15) is 12.4 Å². The van der Waals surface area contributed by atoms with Crippen molar-refractivity contribution in [2.45, 2.75) is 6.61 Å². The number of rotatable bonds is 7. The van der Waals surface area contributed by atoms with E-state index in [1.165, 1.54) is 0 Å². The van der Waals surface area contributed by atoms with Crippen LogP contribution in [0.3, 0.4) is 0 Å². The first-order valence-electron chi connectivity index (χ1n) is 12.6. The second-order valence-electron chi connectivity index (χ2n) is 9.08. The second-order valence-corrected chi connectivity index (χ2v) is 9.08. The summed E-state index contributed by atoms with van der Waals surface area (Å²) < 4.78 is 10.8. The van der Waals surface area contributed by atoms with Crippen molar-refractivity contribution in [2.24, 2.45) is 0 Å². The zero-order valence-electron chi connectivity index (χ0n) is 21.3. The Morgan fingerprint density at radius 1 is 0.821 bits per heavy atom. The van der Waals surface area contributed by atoms with Gasteiger partial charge in [-0.3, -0.25) is 5.32 Å². The van der Waals surface area contributed by atoms with Crippen molar-refractivity contribution in [3.8, 4) is 17.0 Å². The Balaban J connectivity index is 1.32. The number of para-hydroxylation sites is 2. The first kappa shape index (κ1) is 24.1. The van der Waals surface area contributed by atoms with Crippen LogP contribution >= 0.6 is 0 Å². The summed E-state index contributed by atoms with van der Waals surface area (Å²) in [6.45, 7) is 0.0941. The zero-order chi connectivity index (χ0) is 26.6. The van der Waals surface area contributed by atoms with Gasteiger partial charge in [0.25, 0.3) is 0 Å². The predicted molar refractivity (Wildman–Crippen MR) is 156 cm³/mol. The molecule has 0 aliphatic carbocycles. The summed E-state index contributed by atoms with van der Waals surface area (Å²) >= 11 is 0. The molecule has 0 aliphatic heterocycles. The van der Waals surface area contributed by atoms with Gasteiger partial charge in [-0.25, -0.2) is 9.78 Å². The number of pyridine rings is 1. The van der Waals surface area contributed by atoms with Crippen LogP contribution < -0.4 is 15.4 Å². The minimum absolute atomic E-state index is 0.0941. The Kier molecular flexibility index (Phi) is 6.53. The topological polar surface area (TPSA) is 88.3 Å². The standard InChI is InChI=1S/C32H26N4O3/c1-38-25-9-6-8-23(19-25)35-32(37)39-20-21-16-22(28-14-7-15-33-28)18-24(17-21)34-31-26-10-2-4-12-29(26)36-30-13-5-3-11-27(30)31/h2-19,33H,20H2,1H3,(H,34,36)(H,35,37). The van der Waals surface area contributed by atoms with E-state index in [0.717, 1.165) is 50.0 Å². The number of H-pyrrole nitrogens is 1. The number of nitrogens with one attached hydrogen (secondary N) is 3. The van der Waals surface area contributed by atoms with Gasteiger partial charge in [0.15, 0.2) is 0 Å². The Bertz CT molecular complexity index is 1730. The summed E-state index contributed by atoms with van der Waals surface area (Å²) in [7, 11) is 1.58. The number of amides is 1. The van der Waals surface area contributed by atoms with Crippen molar-refractivity contribution in [2.75, 3.05) is 17.7 Å². The van der Waals surface area contributed by atoms with Crippen molar-refractivity contribution in [1.82, 2.24) is 9.97 Å². The fourth-order valence-electron chi connectivity index (χ4n) is 4.64. The fraction of sp³-hybridized carbons (Fsp3) is 0.0625. The molecule has 6 rings (SSSR count). The van der Waals surface area contributed by atoms with Crippen LogP contribution in [-0.2, 0) is 11.3 Å². The number of anilines is 3. The molecule has 2 aromatic heterocycles. The highest BCUT2D eigenvalue weighted by molar-refractivity contribution is 6.08. The van der Waals surface area contributed by atoms with Crippen LogP contribution in [0.2, 0.25) is 0 Å². The molecule has 7 nitrogen and oxygen atoms in total. The smallest absolute Gasteiger partial charge is 0.411 e. The maximum atomic E-state index is 12.6. The number of hydrogen-bond acceptors (Lipinski definition) is 5. The average molecular weight is 515 g/mol. The monoisotopic (exact) mass is 514 g/mol. The van der Waals surface area contributed by atoms with Gasteiger partial charge in [-0.2, -0.15) is 0 Å². The molecule has 0 bridgehead atoms. The van der Waals surface area contributed by atoms with Gasteiger partial charge in [-0.1, -0.05) is 42.5 Å². The van der Waals surface area contributed by atoms with E-state index in [-0.39, 0.29) is 6.61 Å². The number of methoxy groups -OCH3 is 1. The summed E-state index contributed by atoms with van der Waals surface area (Å²) in [5.74, 6) is 0.651. The summed E-state index contributed by atoms with van der Waals surface area (Å²) in [5.41, 5.74) is 7.04. The molecule has 0 saturated carbocycles. The van der Waals surface area contributed by atoms with Crippen LogP contribution in [0.25, 0.3) is 33.1 Å². The molecule has 0 radical (unpaired) electrons. The first-order valence-corrected chi connectivity index (χ1v) is 12.6. The van der Waals surface area contributed by atoms with Gasteiger partial charge in [-0.15, -0.1) is 0 Å². The largest absolute Gasteiger partial charge is 0.497 e. The molecule has 0 atom stereocenters. The number of aromatic nitrogens is 2. The first-order chi connectivity index (χ1) is 19.2. The maximum Gasteiger partial charge on any atom is 0.411 e. The third kappa shape index (κ3) is 5.24. The number of fused-ring (bicyclic) bond motifs is 2. The zero-order valence-corrected chi connectivity index (χ0v) is 21.3. The molecule has 3 N–H and O–H groups in total. The van der Waals surface area contributed by atoms with Crippen LogP contribution in [0.5, 0.6) is 5.75 Å². The van der Waals surface area contributed by atoms with E-state index in [9.17, 15) is 4.79 Å². The fourth-order valence-corrected chi connectivity index (χ4v) is 4.64. The highest BCUT2D eigenvalue weighted by Crippen LogP contribution is 2.34. The van der Waals surface area contributed by atoms with E-state index < -0.39 is 6.09 Å². The van der Waals surface area contributed by atoms with Crippen LogP contribution in [0.4, 0.5) is 21.9 Å². The SMILES string of the molecule is COc1cccc(NC(=O)OCc2cc(Nc3c4ccccc4nc4ccccc34)cc(-c3ccc[nH]3)c2)c1. The molecule has 0 fully saturated rings. The van der Waals surface area contributed by atoms with Crippen LogP contribution in [-0.4, -0.2) is 23.2 Å². The van der Waals surface area contributed by atoms with Gasteiger partial charge in [0.05, 0.1) is 23.8 Å². The Morgan fingerprint density at radius 3 is 2.31 bits per heavy atom. The summed E-state index contributed by atoms with van der Waals surface area (Å²) in [5, 5.41) is 8.45. The molecule has 0 spiro atoms. The molecular weight excluding hydrogens is 488 g/mol. The Hall–Kier alpha value is -5.30. The third-order valence-corrected chi connectivity index (χ3v) is 6.44. The highest BCUT2D eigenvalue weighted by atomic mass is 16.5. The molecule has 4 aromatic carbocycles. The number of nitrogens with zero attached hydrogens (tertiary/aromatic N) is 1. The van der Waals surface area contributed by atoms with Crippen LogP contribution in [0.15, 0.2) is 109 Å². The van der Waals surface area contributed by atoms with E-state index in [1.54, 1.807) is 25.3 Å². The van der Waals surface area contributed by atoms with Crippen molar-refractivity contribution < 1.29 is 14.3 Å². The van der Waals surface area contributed by atoms with Crippen molar-refractivity contribution in [3.05, 3.63) is 115 Å². The minimum atomic E-state index is -0.547. The van der Waals surface area contributed by atoms with Crippen molar-refractivity contribution in [1.29, 1.82) is 0 Å². The predicted octanol–water partition coefficient (Wildman–Crippen LogP) is 7.88. The van der Waals surface area contributed by atoms with E-state index in [0.29, 0.717) is 11.4 Å². The molecule has 192 valence electrons. The molecule has 1 amide bonds.